The first kappa shape index (κ1) is 20.1. The Kier molecular flexibility index (Phi) is 5.02. The topological polar surface area (TPSA) is 113 Å². The number of benzene rings is 1. The van der Waals surface area contributed by atoms with Crippen LogP contribution in [0.4, 0.5) is 0 Å². The number of likely N-dealkylation sites (tertiary alicyclic amines) is 1. The van der Waals surface area contributed by atoms with Crippen molar-refractivity contribution >= 4 is 23.4 Å². The van der Waals surface area contributed by atoms with E-state index in [4.69, 9.17) is 11.6 Å². The number of carbonyl (C=O) groups is 2. The third-order valence-electron chi connectivity index (χ3n) is 6.44. The molecular formula is C21H23ClN6O3. The second-order valence-electron chi connectivity index (χ2n) is 8.56. The third-order valence-corrected chi connectivity index (χ3v) is 6.67. The average Bonchev–Trinajstić information content (AvgIpc) is 3.67. The number of hydrogen-bond acceptors (Lipinski definition) is 6. The first-order chi connectivity index (χ1) is 14.9. The summed E-state index contributed by atoms with van der Waals surface area (Å²) >= 11 is 6.14. The molecule has 1 aliphatic heterocycles. The summed E-state index contributed by atoms with van der Waals surface area (Å²) in [5.74, 6) is -0.105. The highest BCUT2D eigenvalue weighted by Crippen LogP contribution is 2.48. The van der Waals surface area contributed by atoms with Gasteiger partial charge < -0.3 is 15.3 Å². The standard InChI is InChI=1S/C21H23ClN6O3/c1-11(12-2-3-12)19(29)21(31)28-17-7-13(17)8-18(28)20(30)23-9-14-6-15(22)4-5-16(14)27-10-24-25-26-27/h4-6,10,12-13,17-19,29H,1-3,7-9H2,(H,23,30)/t13-,17-,18+,19?/m1/s1. The van der Waals surface area contributed by atoms with Crippen molar-refractivity contribution in [2.24, 2.45) is 11.8 Å². The van der Waals surface area contributed by atoms with Gasteiger partial charge in [-0.05, 0) is 77.3 Å². The summed E-state index contributed by atoms with van der Waals surface area (Å²) in [6.45, 7) is 4.12. The number of tetrazole rings is 1. The maximum atomic E-state index is 13.0. The van der Waals surface area contributed by atoms with Gasteiger partial charge in [0, 0.05) is 17.6 Å². The smallest absolute Gasteiger partial charge is 0.256 e. The van der Waals surface area contributed by atoms with Crippen LogP contribution in [0.2, 0.25) is 5.02 Å². The van der Waals surface area contributed by atoms with Gasteiger partial charge >= 0.3 is 0 Å². The van der Waals surface area contributed by atoms with Gasteiger partial charge in [-0.2, -0.15) is 0 Å². The number of aliphatic hydroxyl groups excluding tert-OH is 1. The molecule has 5 rings (SSSR count). The zero-order chi connectivity index (χ0) is 21.7. The van der Waals surface area contributed by atoms with Gasteiger partial charge in [0.1, 0.15) is 12.4 Å². The molecule has 0 bridgehead atoms. The number of aromatic nitrogens is 4. The number of piperidine rings is 1. The van der Waals surface area contributed by atoms with Crippen LogP contribution >= 0.6 is 11.6 Å². The number of fused-ring (bicyclic) bond motifs is 1. The number of rotatable bonds is 7. The van der Waals surface area contributed by atoms with Crippen LogP contribution in [0.3, 0.4) is 0 Å². The molecule has 1 unspecified atom stereocenters. The molecule has 1 aromatic heterocycles. The van der Waals surface area contributed by atoms with E-state index in [9.17, 15) is 14.7 Å². The SMILES string of the molecule is C=C(C1CC1)C(O)C(=O)N1[C@@H]2C[C@@H]2C[C@H]1C(=O)NCc1cc(Cl)ccc1-n1cnnn1. The Morgan fingerprint density at radius 2 is 2.13 bits per heavy atom. The molecule has 0 radical (unpaired) electrons. The molecule has 1 aromatic carbocycles. The molecule has 0 spiro atoms. The van der Waals surface area contributed by atoms with Crippen LogP contribution in [0.1, 0.15) is 31.2 Å². The summed E-state index contributed by atoms with van der Waals surface area (Å²) in [6.07, 6.45) is 3.65. The minimum absolute atomic E-state index is 0.0351. The molecule has 9 nitrogen and oxygen atoms in total. The van der Waals surface area contributed by atoms with Crippen molar-refractivity contribution in [2.75, 3.05) is 0 Å². The normalized spacial score (nSPS) is 25.1. The fraction of sp³-hybridized carbons (Fsp3) is 0.476. The van der Waals surface area contributed by atoms with E-state index in [2.05, 4.69) is 27.4 Å². The van der Waals surface area contributed by atoms with Crippen molar-refractivity contribution in [1.82, 2.24) is 30.4 Å². The van der Waals surface area contributed by atoms with Gasteiger partial charge in [0.2, 0.25) is 5.91 Å². The van der Waals surface area contributed by atoms with E-state index in [0.29, 0.717) is 28.6 Å². The molecule has 162 valence electrons. The molecule has 2 saturated carbocycles. The lowest BCUT2D eigenvalue weighted by Gasteiger charge is -2.29. The molecule has 1 saturated heterocycles. The van der Waals surface area contributed by atoms with E-state index in [0.717, 1.165) is 24.8 Å². The summed E-state index contributed by atoms with van der Waals surface area (Å²) in [7, 11) is 0. The quantitative estimate of drug-likeness (QED) is 0.624. The first-order valence-electron chi connectivity index (χ1n) is 10.4. The van der Waals surface area contributed by atoms with E-state index < -0.39 is 18.1 Å². The van der Waals surface area contributed by atoms with Gasteiger partial charge in [0.05, 0.1) is 5.69 Å². The maximum absolute atomic E-state index is 13.0. The second kappa shape index (κ2) is 7.72. The Balaban J connectivity index is 1.29. The Labute approximate surface area is 184 Å². The summed E-state index contributed by atoms with van der Waals surface area (Å²) in [5, 5.41) is 25.2. The van der Waals surface area contributed by atoms with E-state index in [-0.39, 0.29) is 24.4 Å². The molecule has 3 aliphatic rings. The Bertz CT molecular complexity index is 1040. The molecular weight excluding hydrogens is 420 g/mol. The van der Waals surface area contributed by atoms with Gasteiger partial charge in [-0.1, -0.05) is 18.2 Å². The fourth-order valence-corrected chi connectivity index (χ4v) is 4.67. The minimum Gasteiger partial charge on any atom is -0.379 e. The highest BCUT2D eigenvalue weighted by molar-refractivity contribution is 6.30. The van der Waals surface area contributed by atoms with Crippen molar-refractivity contribution in [2.45, 2.75) is 50.4 Å². The highest BCUT2D eigenvalue weighted by Gasteiger charge is 2.57. The molecule has 2 aromatic rings. The monoisotopic (exact) mass is 442 g/mol. The van der Waals surface area contributed by atoms with Crippen molar-refractivity contribution < 1.29 is 14.7 Å². The van der Waals surface area contributed by atoms with Gasteiger partial charge in [-0.25, -0.2) is 4.68 Å². The number of halogens is 1. The summed E-state index contributed by atoms with van der Waals surface area (Å²) in [5.41, 5.74) is 2.02. The number of carbonyl (C=O) groups excluding carboxylic acids is 2. The molecule has 2 N–H and O–H groups in total. The fourth-order valence-electron chi connectivity index (χ4n) is 4.48. The minimum atomic E-state index is -1.23. The number of amides is 2. The molecule has 2 heterocycles. The lowest BCUT2D eigenvalue weighted by molar-refractivity contribution is -0.145. The second-order valence-corrected chi connectivity index (χ2v) is 8.99. The van der Waals surface area contributed by atoms with Crippen LogP contribution < -0.4 is 5.32 Å². The number of nitrogens with one attached hydrogen (secondary N) is 1. The first-order valence-corrected chi connectivity index (χ1v) is 10.8. The molecule has 3 fully saturated rings. The van der Waals surface area contributed by atoms with Crippen LogP contribution in [0, 0.1) is 11.8 Å². The van der Waals surface area contributed by atoms with Crippen molar-refractivity contribution in [1.29, 1.82) is 0 Å². The van der Waals surface area contributed by atoms with Crippen molar-refractivity contribution in [3.63, 3.8) is 0 Å². The predicted octanol–water partition coefficient (Wildman–Crippen LogP) is 1.25. The van der Waals surface area contributed by atoms with Crippen molar-refractivity contribution in [3.8, 4) is 5.69 Å². The number of aliphatic hydroxyl groups is 1. The van der Waals surface area contributed by atoms with E-state index in [1.807, 2.05) is 0 Å². The van der Waals surface area contributed by atoms with Crippen LogP contribution in [-0.2, 0) is 16.1 Å². The summed E-state index contributed by atoms with van der Waals surface area (Å²) < 4.78 is 1.50. The summed E-state index contributed by atoms with van der Waals surface area (Å²) in [6, 6.07) is 4.70. The van der Waals surface area contributed by atoms with Crippen LogP contribution in [0.25, 0.3) is 5.69 Å². The van der Waals surface area contributed by atoms with Gasteiger partial charge in [-0.3, -0.25) is 9.59 Å². The molecule has 4 atom stereocenters. The zero-order valence-corrected chi connectivity index (χ0v) is 17.6. The molecule has 2 amide bonds. The maximum Gasteiger partial charge on any atom is 0.256 e. The van der Waals surface area contributed by atoms with Gasteiger partial charge in [0.15, 0.2) is 6.10 Å². The van der Waals surface area contributed by atoms with Gasteiger partial charge in [-0.15, -0.1) is 5.10 Å². The lowest BCUT2D eigenvalue weighted by Crippen LogP contribution is -2.51. The lowest BCUT2D eigenvalue weighted by atomic mass is 10.0. The van der Waals surface area contributed by atoms with E-state index in [1.54, 1.807) is 23.1 Å². The largest absolute Gasteiger partial charge is 0.379 e. The molecule has 31 heavy (non-hydrogen) atoms. The highest BCUT2D eigenvalue weighted by atomic mass is 35.5. The molecule has 10 heteroatoms. The predicted molar refractivity (Wildman–Crippen MR) is 111 cm³/mol. The van der Waals surface area contributed by atoms with E-state index >= 15 is 0 Å². The third kappa shape index (κ3) is 3.83. The van der Waals surface area contributed by atoms with Crippen LogP contribution in [0.5, 0.6) is 0 Å². The van der Waals surface area contributed by atoms with Crippen LogP contribution in [0.15, 0.2) is 36.7 Å². The Morgan fingerprint density at radius 1 is 1.32 bits per heavy atom. The van der Waals surface area contributed by atoms with E-state index in [1.165, 1.54) is 11.0 Å². The van der Waals surface area contributed by atoms with Crippen LogP contribution in [-0.4, -0.2) is 60.2 Å². The Hall–Kier alpha value is -2.78. The number of hydrogen-bond donors (Lipinski definition) is 2. The average molecular weight is 443 g/mol. The Morgan fingerprint density at radius 3 is 2.84 bits per heavy atom. The van der Waals surface area contributed by atoms with Crippen molar-refractivity contribution in [3.05, 3.63) is 47.3 Å². The summed E-state index contributed by atoms with van der Waals surface area (Å²) in [4.78, 5) is 27.6. The van der Waals surface area contributed by atoms with Gasteiger partial charge in [0.25, 0.3) is 5.91 Å². The zero-order valence-electron chi connectivity index (χ0n) is 16.8. The number of nitrogens with zero attached hydrogens (tertiary/aromatic N) is 5. The molecule has 2 aliphatic carbocycles.